The lowest BCUT2D eigenvalue weighted by atomic mass is 10.2. The molecule has 1 heterocycles. The second-order valence-corrected chi connectivity index (χ2v) is 3.79. The van der Waals surface area contributed by atoms with E-state index in [4.69, 9.17) is 11.0 Å². The third-order valence-electron chi connectivity index (χ3n) is 1.84. The Morgan fingerprint density at radius 2 is 2.33 bits per heavy atom. The fourth-order valence-electron chi connectivity index (χ4n) is 1.16. The summed E-state index contributed by atoms with van der Waals surface area (Å²) in [6.07, 6.45) is 0. The van der Waals surface area contributed by atoms with Gasteiger partial charge in [0, 0.05) is 13.6 Å². The molecule has 1 aromatic rings. The van der Waals surface area contributed by atoms with Gasteiger partial charge in [-0.05, 0) is 6.92 Å². The summed E-state index contributed by atoms with van der Waals surface area (Å²) in [6.45, 7) is 2.59. The Bertz CT molecular complexity index is 418. The summed E-state index contributed by atoms with van der Waals surface area (Å²) in [7, 11) is 1.53. The lowest BCUT2D eigenvalue weighted by molar-refractivity contribution is 0.0965. The predicted octanol–water partition coefficient (Wildman–Crippen LogP) is 0.993. The first-order valence-corrected chi connectivity index (χ1v) is 5.25. The van der Waals surface area contributed by atoms with E-state index in [2.05, 4.69) is 10.6 Å². The number of nitrogens with zero attached hydrogens (tertiary/aromatic N) is 1. The number of carbonyl (C=O) groups is 1. The van der Waals surface area contributed by atoms with Crippen LogP contribution in [0.1, 0.15) is 22.2 Å². The van der Waals surface area contributed by atoms with E-state index < -0.39 is 0 Å². The highest BCUT2D eigenvalue weighted by Gasteiger charge is 2.20. The maximum atomic E-state index is 11.5. The van der Waals surface area contributed by atoms with Gasteiger partial charge in [-0.1, -0.05) is 0 Å². The molecule has 5 nitrogen and oxygen atoms in total. The van der Waals surface area contributed by atoms with Crippen LogP contribution in [0.15, 0.2) is 0 Å². The average Bonchev–Trinajstić information content (AvgIpc) is 2.55. The van der Waals surface area contributed by atoms with Crippen molar-refractivity contribution in [2.45, 2.75) is 6.92 Å². The maximum absolute atomic E-state index is 11.5. The van der Waals surface area contributed by atoms with Gasteiger partial charge in [0.2, 0.25) is 0 Å². The molecule has 0 spiro atoms. The number of hydrogen-bond donors (Lipinski definition) is 3. The molecule has 0 saturated heterocycles. The molecule has 0 atom stereocenters. The molecule has 0 fully saturated rings. The van der Waals surface area contributed by atoms with Crippen molar-refractivity contribution in [1.82, 2.24) is 5.32 Å². The Kier molecular flexibility index (Phi) is 3.52. The monoisotopic (exact) mass is 224 g/mol. The molecule has 1 aromatic heterocycles. The average molecular weight is 224 g/mol. The quantitative estimate of drug-likeness (QED) is 0.714. The first kappa shape index (κ1) is 11.3. The number of nitrogens with two attached hydrogens (primary N) is 1. The van der Waals surface area contributed by atoms with Crippen LogP contribution in [-0.2, 0) is 0 Å². The Morgan fingerprint density at radius 3 is 2.80 bits per heavy atom. The number of amides is 1. The number of hydrogen-bond acceptors (Lipinski definition) is 5. The normalized spacial score (nSPS) is 9.40. The number of anilines is 2. The number of nitrogens with one attached hydrogen (secondary N) is 2. The van der Waals surface area contributed by atoms with Crippen LogP contribution in [0.4, 0.5) is 10.7 Å². The van der Waals surface area contributed by atoms with Crippen molar-refractivity contribution in [2.24, 2.45) is 0 Å². The largest absolute Gasteiger partial charge is 0.396 e. The molecule has 0 aliphatic heterocycles. The summed E-state index contributed by atoms with van der Waals surface area (Å²) in [4.78, 5) is 11.9. The van der Waals surface area contributed by atoms with E-state index >= 15 is 0 Å². The zero-order valence-electron chi connectivity index (χ0n) is 8.55. The zero-order valence-corrected chi connectivity index (χ0v) is 9.36. The molecule has 6 heteroatoms. The van der Waals surface area contributed by atoms with Crippen molar-refractivity contribution in [3.05, 3.63) is 10.4 Å². The van der Waals surface area contributed by atoms with Crippen LogP contribution in [0.5, 0.6) is 0 Å². The van der Waals surface area contributed by atoms with Gasteiger partial charge in [0.1, 0.15) is 15.9 Å². The number of nitrogen functional groups attached to an aromatic ring is 1. The first-order valence-electron chi connectivity index (χ1n) is 4.44. The fourth-order valence-corrected chi connectivity index (χ4v) is 2.15. The SMILES string of the molecule is CCNc1sc(C#N)c(N)c1C(=O)NC. The molecule has 0 aliphatic rings. The summed E-state index contributed by atoms with van der Waals surface area (Å²) >= 11 is 1.20. The smallest absolute Gasteiger partial charge is 0.256 e. The topological polar surface area (TPSA) is 90.9 Å². The van der Waals surface area contributed by atoms with Crippen molar-refractivity contribution in [1.29, 1.82) is 5.26 Å². The van der Waals surface area contributed by atoms with Crippen molar-refractivity contribution >= 4 is 27.9 Å². The molecule has 0 aliphatic carbocycles. The van der Waals surface area contributed by atoms with Gasteiger partial charge in [-0.2, -0.15) is 5.26 Å². The van der Waals surface area contributed by atoms with Gasteiger partial charge in [-0.25, -0.2) is 0 Å². The summed E-state index contributed by atoms with van der Waals surface area (Å²) < 4.78 is 0. The highest BCUT2D eigenvalue weighted by Crippen LogP contribution is 2.34. The third-order valence-corrected chi connectivity index (χ3v) is 2.91. The van der Waals surface area contributed by atoms with E-state index in [0.29, 0.717) is 22.0 Å². The molecule has 0 saturated carbocycles. The minimum atomic E-state index is -0.277. The van der Waals surface area contributed by atoms with E-state index in [9.17, 15) is 4.79 Å². The van der Waals surface area contributed by atoms with Gasteiger partial charge in [-0.15, -0.1) is 11.3 Å². The molecule has 0 aromatic carbocycles. The van der Waals surface area contributed by atoms with Crippen LogP contribution in [0.2, 0.25) is 0 Å². The van der Waals surface area contributed by atoms with Crippen molar-refractivity contribution < 1.29 is 4.79 Å². The standard InChI is InChI=1S/C9H12N4OS/c1-3-13-9-6(8(14)12-2)7(11)5(4-10)15-9/h13H,3,11H2,1-2H3,(H,12,14). The Labute approximate surface area is 91.9 Å². The Hall–Kier alpha value is -1.74. The second-order valence-electron chi connectivity index (χ2n) is 2.77. The minimum Gasteiger partial charge on any atom is -0.396 e. The van der Waals surface area contributed by atoms with Gasteiger partial charge in [-0.3, -0.25) is 4.79 Å². The van der Waals surface area contributed by atoms with Crippen LogP contribution < -0.4 is 16.4 Å². The predicted molar refractivity (Wildman–Crippen MR) is 61.0 cm³/mol. The maximum Gasteiger partial charge on any atom is 0.256 e. The van der Waals surface area contributed by atoms with Gasteiger partial charge in [0.05, 0.1) is 11.3 Å². The van der Waals surface area contributed by atoms with E-state index in [1.165, 1.54) is 18.4 Å². The van der Waals surface area contributed by atoms with E-state index in [-0.39, 0.29) is 11.6 Å². The van der Waals surface area contributed by atoms with Gasteiger partial charge in [0.25, 0.3) is 5.91 Å². The van der Waals surface area contributed by atoms with E-state index in [1.54, 1.807) is 0 Å². The summed E-state index contributed by atoms with van der Waals surface area (Å²) in [6, 6.07) is 1.97. The Morgan fingerprint density at radius 1 is 1.67 bits per heavy atom. The first-order chi connectivity index (χ1) is 7.15. The third kappa shape index (κ3) is 2.02. The number of carbonyl (C=O) groups excluding carboxylic acids is 1. The van der Waals surface area contributed by atoms with Crippen LogP contribution >= 0.6 is 11.3 Å². The lowest BCUT2D eigenvalue weighted by Crippen LogP contribution is -2.20. The van der Waals surface area contributed by atoms with Gasteiger partial charge in [0.15, 0.2) is 0 Å². The van der Waals surface area contributed by atoms with E-state index in [0.717, 1.165) is 0 Å². The fraction of sp³-hybridized carbons (Fsp3) is 0.333. The molecule has 15 heavy (non-hydrogen) atoms. The summed E-state index contributed by atoms with van der Waals surface area (Å²) in [5.74, 6) is -0.277. The van der Waals surface area contributed by atoms with Gasteiger partial charge < -0.3 is 16.4 Å². The molecule has 1 amide bonds. The Balaban J connectivity index is 3.26. The van der Waals surface area contributed by atoms with Crippen LogP contribution in [-0.4, -0.2) is 19.5 Å². The molecule has 0 unspecified atom stereocenters. The molecule has 1 rings (SSSR count). The van der Waals surface area contributed by atoms with Crippen molar-refractivity contribution in [3.63, 3.8) is 0 Å². The van der Waals surface area contributed by atoms with Crippen molar-refractivity contribution in [2.75, 3.05) is 24.6 Å². The van der Waals surface area contributed by atoms with Crippen LogP contribution in [0.3, 0.4) is 0 Å². The second kappa shape index (κ2) is 4.66. The molecular weight excluding hydrogens is 212 g/mol. The molecule has 0 bridgehead atoms. The minimum absolute atomic E-state index is 0.248. The summed E-state index contributed by atoms with van der Waals surface area (Å²) in [5.41, 5.74) is 6.32. The molecule has 4 N–H and O–H groups in total. The molecule has 80 valence electrons. The molecule has 0 radical (unpaired) electrons. The number of nitriles is 1. The highest BCUT2D eigenvalue weighted by atomic mass is 32.1. The number of rotatable bonds is 3. The summed E-state index contributed by atoms with van der Waals surface area (Å²) in [5, 5.41) is 15.0. The van der Waals surface area contributed by atoms with Crippen LogP contribution in [0.25, 0.3) is 0 Å². The highest BCUT2D eigenvalue weighted by molar-refractivity contribution is 7.17. The van der Waals surface area contributed by atoms with Gasteiger partial charge >= 0.3 is 0 Å². The molecular formula is C9H12N4OS. The van der Waals surface area contributed by atoms with E-state index in [1.807, 2.05) is 13.0 Å². The van der Waals surface area contributed by atoms with Crippen molar-refractivity contribution in [3.8, 4) is 6.07 Å². The van der Waals surface area contributed by atoms with Crippen LogP contribution in [0, 0.1) is 11.3 Å². The zero-order chi connectivity index (χ0) is 11.4. The lowest BCUT2D eigenvalue weighted by Gasteiger charge is -2.04. The number of thiophene rings is 1.